The number of phosphoric ester groups is 2. The molecule has 5 atom stereocenters. The van der Waals surface area contributed by atoms with Crippen LogP contribution in [0.2, 0.25) is 0 Å². The second kappa shape index (κ2) is 71.7. The van der Waals surface area contributed by atoms with Crippen LogP contribution in [0.25, 0.3) is 0 Å². The minimum absolute atomic E-state index is 0.105. The summed E-state index contributed by atoms with van der Waals surface area (Å²) in [6.45, 7) is 9.60. The SMILES string of the molecule is CCCCCCCCCCCCCCCCCCCCCC(=O)OC[C@H](COP(=O)(O)OC[C@@H](O)COP(=O)(O)OC[C@@H](COC(=O)CCCCCCCCCCCC)OC(=O)CCCCCCCCCCC(C)C)OC(=O)CCCCCCCCCCCCCCCCCCC(C)C. The molecule has 0 heterocycles. The number of carbonyl (C=O) groups is 4. The molecule has 0 bridgehead atoms. The molecule has 0 radical (unpaired) electrons. The molecule has 17 nitrogen and oxygen atoms in total. The Hall–Kier alpha value is -1.94. The molecule has 0 rings (SSSR count). The van der Waals surface area contributed by atoms with Crippen molar-refractivity contribution in [3.05, 3.63) is 0 Å². The summed E-state index contributed by atoms with van der Waals surface area (Å²) in [5, 5.41) is 10.6. The fourth-order valence-corrected chi connectivity index (χ4v) is 13.9. The number of aliphatic hydroxyl groups is 1. The Morgan fingerprint density at radius 1 is 0.273 bits per heavy atom. The zero-order valence-corrected chi connectivity index (χ0v) is 66.6. The number of hydrogen-bond donors (Lipinski definition) is 3. The molecule has 2 unspecified atom stereocenters. The van der Waals surface area contributed by atoms with Gasteiger partial charge in [0.2, 0.25) is 0 Å². The highest BCUT2D eigenvalue weighted by molar-refractivity contribution is 7.47. The molecule has 0 fully saturated rings. The molecular formula is C80H156O17P2. The molecule has 0 aliphatic rings. The Bertz CT molecular complexity index is 1910. The first-order valence-corrected chi connectivity index (χ1v) is 44.5. The highest BCUT2D eigenvalue weighted by Crippen LogP contribution is 2.45. The smallest absolute Gasteiger partial charge is 0.462 e. The van der Waals surface area contributed by atoms with Gasteiger partial charge in [-0.3, -0.25) is 37.3 Å². The van der Waals surface area contributed by atoms with Crippen LogP contribution >= 0.6 is 15.6 Å². The third-order valence-corrected chi connectivity index (χ3v) is 20.6. The normalized spacial score (nSPS) is 13.9. The lowest BCUT2D eigenvalue weighted by Gasteiger charge is -2.21. The van der Waals surface area contributed by atoms with E-state index >= 15 is 0 Å². The molecule has 0 aromatic rings. The van der Waals surface area contributed by atoms with Crippen LogP contribution in [0.5, 0.6) is 0 Å². The van der Waals surface area contributed by atoms with Crippen LogP contribution < -0.4 is 0 Å². The summed E-state index contributed by atoms with van der Waals surface area (Å²) in [5.74, 6) is -0.585. The van der Waals surface area contributed by atoms with Gasteiger partial charge in [0.05, 0.1) is 26.4 Å². The molecule has 0 aliphatic carbocycles. The van der Waals surface area contributed by atoms with Crippen LogP contribution in [0.4, 0.5) is 0 Å². The fourth-order valence-electron chi connectivity index (χ4n) is 12.4. The number of phosphoric acid groups is 2. The first-order chi connectivity index (χ1) is 47.9. The average Bonchev–Trinajstić information content (AvgIpc) is 1.07. The third kappa shape index (κ3) is 74.1. The van der Waals surface area contributed by atoms with Crippen LogP contribution in [0.1, 0.15) is 420 Å². The number of esters is 4. The summed E-state index contributed by atoms with van der Waals surface area (Å²) >= 11 is 0. The van der Waals surface area contributed by atoms with Gasteiger partial charge in [-0.1, -0.05) is 369 Å². The van der Waals surface area contributed by atoms with E-state index in [0.717, 1.165) is 102 Å². The van der Waals surface area contributed by atoms with E-state index in [2.05, 4.69) is 41.5 Å². The molecule has 0 spiro atoms. The Morgan fingerprint density at radius 2 is 0.465 bits per heavy atom. The lowest BCUT2D eigenvalue weighted by molar-refractivity contribution is -0.161. The number of ether oxygens (including phenoxy) is 4. The van der Waals surface area contributed by atoms with Crippen molar-refractivity contribution in [2.45, 2.75) is 439 Å². The zero-order valence-electron chi connectivity index (χ0n) is 64.8. The second-order valence-electron chi connectivity index (χ2n) is 29.8. The van der Waals surface area contributed by atoms with Gasteiger partial charge < -0.3 is 33.8 Å². The molecule has 99 heavy (non-hydrogen) atoms. The summed E-state index contributed by atoms with van der Waals surface area (Å²) in [5.41, 5.74) is 0. The second-order valence-corrected chi connectivity index (χ2v) is 32.7. The molecule has 0 aliphatic heterocycles. The van der Waals surface area contributed by atoms with E-state index in [1.54, 1.807) is 0 Å². The third-order valence-electron chi connectivity index (χ3n) is 18.7. The predicted molar refractivity (Wildman–Crippen MR) is 405 cm³/mol. The maximum Gasteiger partial charge on any atom is 0.472 e. The van der Waals surface area contributed by atoms with Crippen LogP contribution in [-0.2, 0) is 65.4 Å². The molecule has 19 heteroatoms. The highest BCUT2D eigenvalue weighted by atomic mass is 31.2. The predicted octanol–water partition coefficient (Wildman–Crippen LogP) is 23.9. The Morgan fingerprint density at radius 3 is 0.687 bits per heavy atom. The van der Waals surface area contributed by atoms with E-state index in [9.17, 15) is 43.2 Å². The maximum absolute atomic E-state index is 13.1. The van der Waals surface area contributed by atoms with Crippen LogP contribution in [0.15, 0.2) is 0 Å². The van der Waals surface area contributed by atoms with E-state index in [-0.39, 0.29) is 25.7 Å². The molecule has 0 amide bonds. The van der Waals surface area contributed by atoms with E-state index in [1.165, 1.54) is 238 Å². The molecule has 3 N–H and O–H groups in total. The van der Waals surface area contributed by atoms with Crippen LogP contribution in [0, 0.1) is 11.8 Å². The van der Waals surface area contributed by atoms with E-state index in [0.29, 0.717) is 25.7 Å². The van der Waals surface area contributed by atoms with Gasteiger partial charge in [0.15, 0.2) is 12.2 Å². The van der Waals surface area contributed by atoms with Crippen molar-refractivity contribution in [1.82, 2.24) is 0 Å². The first kappa shape index (κ1) is 97.1. The summed E-state index contributed by atoms with van der Waals surface area (Å²) in [6, 6.07) is 0. The number of unbranched alkanes of at least 4 members (excludes halogenated alkanes) is 49. The van der Waals surface area contributed by atoms with Gasteiger partial charge in [-0.2, -0.15) is 0 Å². The minimum atomic E-state index is -4.96. The standard InChI is InChI=1S/C80H156O17P2/c1-7-9-11-13-15-17-19-20-21-22-23-24-28-31-34-38-45-51-57-63-78(83)91-68-75(96-79(84)64-58-52-46-39-35-32-29-26-25-27-30-33-36-42-48-54-60-72(3)4)70-94-98(86,87)92-66-74(81)67-93-99(88,89)95-71-76(69-90-77(82)62-56-50-44-37-18-16-14-12-10-8-2)97-80(85)65-59-53-47-41-40-43-49-55-61-73(5)6/h72-76,81H,7-71H2,1-6H3,(H,86,87)(H,88,89)/t74-,75-,76-/m1/s1. The van der Waals surface area contributed by atoms with Crippen molar-refractivity contribution in [2.75, 3.05) is 39.6 Å². The van der Waals surface area contributed by atoms with Crippen molar-refractivity contribution in [3.63, 3.8) is 0 Å². The lowest BCUT2D eigenvalue weighted by atomic mass is 10.0. The van der Waals surface area contributed by atoms with Gasteiger partial charge in [-0.05, 0) is 37.5 Å². The van der Waals surface area contributed by atoms with E-state index in [1.807, 2.05) is 0 Å². The number of hydrogen-bond acceptors (Lipinski definition) is 15. The average molecular weight is 1450 g/mol. The van der Waals surface area contributed by atoms with Gasteiger partial charge in [0, 0.05) is 25.7 Å². The number of carbonyl (C=O) groups excluding carboxylic acids is 4. The first-order valence-electron chi connectivity index (χ1n) is 41.5. The molecule has 588 valence electrons. The maximum atomic E-state index is 13.1. The van der Waals surface area contributed by atoms with Gasteiger partial charge in [0.1, 0.15) is 19.3 Å². The van der Waals surface area contributed by atoms with Gasteiger partial charge in [0.25, 0.3) is 0 Å². The van der Waals surface area contributed by atoms with Crippen molar-refractivity contribution in [1.29, 1.82) is 0 Å². The van der Waals surface area contributed by atoms with Crippen molar-refractivity contribution in [3.8, 4) is 0 Å². The minimum Gasteiger partial charge on any atom is -0.462 e. The fraction of sp³-hybridized carbons (Fsp3) is 0.950. The lowest BCUT2D eigenvalue weighted by Crippen LogP contribution is -2.30. The molecular weight excluding hydrogens is 1290 g/mol. The highest BCUT2D eigenvalue weighted by Gasteiger charge is 2.30. The van der Waals surface area contributed by atoms with Gasteiger partial charge >= 0.3 is 39.5 Å². The van der Waals surface area contributed by atoms with Crippen molar-refractivity contribution >= 4 is 39.5 Å². The zero-order chi connectivity index (χ0) is 72.8. The van der Waals surface area contributed by atoms with E-state index in [4.69, 9.17) is 37.0 Å². The van der Waals surface area contributed by atoms with Crippen LogP contribution in [0.3, 0.4) is 0 Å². The summed E-state index contributed by atoms with van der Waals surface area (Å²) < 4.78 is 68.6. The van der Waals surface area contributed by atoms with E-state index < -0.39 is 97.5 Å². The van der Waals surface area contributed by atoms with Crippen molar-refractivity contribution in [2.24, 2.45) is 11.8 Å². The number of aliphatic hydroxyl groups excluding tert-OH is 1. The number of rotatable bonds is 79. The molecule has 0 saturated heterocycles. The quantitative estimate of drug-likeness (QED) is 0.0222. The summed E-state index contributed by atoms with van der Waals surface area (Å²) in [4.78, 5) is 72.9. The Labute approximate surface area is 607 Å². The van der Waals surface area contributed by atoms with Crippen molar-refractivity contribution < 1.29 is 80.2 Å². The molecule has 0 aromatic carbocycles. The van der Waals surface area contributed by atoms with Gasteiger partial charge in [-0.25, -0.2) is 9.13 Å². The largest absolute Gasteiger partial charge is 0.472 e. The Kier molecular flexibility index (Phi) is 70.3. The summed E-state index contributed by atoms with van der Waals surface area (Å²) in [7, 11) is -9.91. The van der Waals surface area contributed by atoms with Gasteiger partial charge in [-0.15, -0.1) is 0 Å². The monoisotopic (exact) mass is 1450 g/mol. The molecule has 0 aromatic heterocycles. The topological polar surface area (TPSA) is 237 Å². The Balaban J connectivity index is 5.21. The summed E-state index contributed by atoms with van der Waals surface area (Å²) in [6.07, 6.45) is 61.2. The molecule has 0 saturated carbocycles. The van der Waals surface area contributed by atoms with Crippen LogP contribution in [-0.4, -0.2) is 96.7 Å².